The average Bonchev–Trinajstić information content (AvgIpc) is 3.21. The first-order chi connectivity index (χ1) is 8.79. The highest BCUT2D eigenvalue weighted by Crippen LogP contribution is 2.39. The third-order valence-electron chi connectivity index (χ3n) is 3.92. The fourth-order valence-corrected chi connectivity index (χ4v) is 2.43. The molecule has 0 nitrogen and oxygen atoms in total. The van der Waals surface area contributed by atoms with E-state index in [1.165, 1.54) is 64.2 Å². The second-order valence-corrected chi connectivity index (χ2v) is 5.71. The van der Waals surface area contributed by atoms with Crippen molar-refractivity contribution in [3.63, 3.8) is 0 Å². The molecule has 2 radical (unpaired) electrons. The first-order valence-corrected chi connectivity index (χ1v) is 8.42. The molecule has 0 heterocycles. The summed E-state index contributed by atoms with van der Waals surface area (Å²) in [5.74, 6) is 2.04. The molecule has 0 aliphatic heterocycles. The molecule has 0 spiro atoms. The quantitative estimate of drug-likeness (QED) is 0.384. The van der Waals surface area contributed by atoms with E-state index in [9.17, 15) is 0 Å². The molecule has 0 bridgehead atoms. The van der Waals surface area contributed by atoms with Crippen molar-refractivity contribution in [1.82, 2.24) is 0 Å². The maximum atomic E-state index is 3.78. The van der Waals surface area contributed by atoms with E-state index in [1.807, 2.05) is 0 Å². The van der Waals surface area contributed by atoms with Crippen LogP contribution in [-0.2, 0) is 0 Å². The molecule has 0 saturated heterocycles. The van der Waals surface area contributed by atoms with Crippen molar-refractivity contribution in [2.24, 2.45) is 11.8 Å². The van der Waals surface area contributed by atoms with Crippen LogP contribution in [0.3, 0.4) is 0 Å². The molecular formula is C18H36. The Morgan fingerprint density at radius 1 is 1.00 bits per heavy atom. The van der Waals surface area contributed by atoms with E-state index in [2.05, 4.69) is 34.1 Å². The zero-order valence-corrected chi connectivity index (χ0v) is 13.2. The lowest BCUT2D eigenvalue weighted by atomic mass is 9.94. The average molecular weight is 252 g/mol. The Bertz CT molecular complexity index is 140. The Hall–Kier alpha value is 0. The molecule has 0 aromatic rings. The van der Waals surface area contributed by atoms with E-state index in [0.29, 0.717) is 0 Å². The molecule has 2 unspecified atom stereocenters. The summed E-state index contributed by atoms with van der Waals surface area (Å²) in [5.41, 5.74) is 0. The van der Waals surface area contributed by atoms with Gasteiger partial charge in [-0.3, -0.25) is 0 Å². The third kappa shape index (κ3) is 11.1. The molecule has 1 rings (SSSR count). The van der Waals surface area contributed by atoms with Gasteiger partial charge in [0.25, 0.3) is 0 Å². The van der Waals surface area contributed by atoms with Crippen LogP contribution in [-0.4, -0.2) is 0 Å². The Morgan fingerprint density at radius 2 is 1.61 bits per heavy atom. The second kappa shape index (κ2) is 13.4. The van der Waals surface area contributed by atoms with Gasteiger partial charge in [0.1, 0.15) is 0 Å². The predicted octanol–water partition coefficient (Wildman–Crippen LogP) is 6.61. The lowest BCUT2D eigenvalue weighted by molar-refractivity contribution is 0.410. The fraction of sp³-hybridized carbons (Fsp3) is 0.889. The molecule has 0 aromatic heterocycles. The zero-order chi connectivity index (χ0) is 13.6. The SMILES string of the molecule is CCCCC(CC)C1[CH]C1.[CH2]CCCCCCC. The van der Waals surface area contributed by atoms with E-state index in [0.717, 1.165) is 18.3 Å². The van der Waals surface area contributed by atoms with Gasteiger partial charge in [0.2, 0.25) is 0 Å². The van der Waals surface area contributed by atoms with Gasteiger partial charge in [-0.25, -0.2) is 0 Å². The molecule has 18 heavy (non-hydrogen) atoms. The first kappa shape index (κ1) is 18.0. The largest absolute Gasteiger partial charge is 0.0654 e. The van der Waals surface area contributed by atoms with Crippen LogP contribution in [0.1, 0.15) is 91.4 Å². The predicted molar refractivity (Wildman–Crippen MR) is 84.4 cm³/mol. The molecular weight excluding hydrogens is 216 g/mol. The second-order valence-electron chi connectivity index (χ2n) is 5.71. The minimum absolute atomic E-state index is 1.01. The number of hydrogen-bond donors (Lipinski definition) is 0. The minimum atomic E-state index is 1.01. The molecule has 1 fully saturated rings. The number of rotatable bonds is 10. The Balaban J connectivity index is 0.000000331. The number of hydrogen-bond acceptors (Lipinski definition) is 0. The molecule has 0 aromatic carbocycles. The third-order valence-corrected chi connectivity index (χ3v) is 3.92. The first-order valence-electron chi connectivity index (χ1n) is 8.42. The highest BCUT2D eigenvalue weighted by atomic mass is 14.3. The summed E-state index contributed by atoms with van der Waals surface area (Å²) in [4.78, 5) is 0. The Kier molecular flexibility index (Phi) is 13.4. The van der Waals surface area contributed by atoms with Crippen LogP contribution >= 0.6 is 0 Å². The monoisotopic (exact) mass is 252 g/mol. The molecule has 1 aliphatic rings. The summed E-state index contributed by atoms with van der Waals surface area (Å²) >= 11 is 0. The molecule has 2 atom stereocenters. The molecule has 0 amide bonds. The topological polar surface area (TPSA) is 0 Å². The van der Waals surface area contributed by atoms with Crippen molar-refractivity contribution in [3.05, 3.63) is 13.3 Å². The normalized spacial score (nSPS) is 16.0. The van der Waals surface area contributed by atoms with Gasteiger partial charge in [-0.15, -0.1) is 0 Å². The highest BCUT2D eigenvalue weighted by molar-refractivity contribution is 4.98. The number of unbranched alkanes of at least 4 members (excludes halogenated alkanes) is 6. The Morgan fingerprint density at radius 3 is 2.06 bits per heavy atom. The van der Waals surface area contributed by atoms with Gasteiger partial charge < -0.3 is 0 Å². The smallest absolute Gasteiger partial charge is 0.0349 e. The van der Waals surface area contributed by atoms with Crippen molar-refractivity contribution in [3.8, 4) is 0 Å². The maximum Gasteiger partial charge on any atom is -0.0349 e. The van der Waals surface area contributed by atoms with E-state index in [4.69, 9.17) is 0 Å². The van der Waals surface area contributed by atoms with Crippen molar-refractivity contribution in [1.29, 1.82) is 0 Å². The maximum absolute atomic E-state index is 3.78. The van der Waals surface area contributed by atoms with Gasteiger partial charge in [0.05, 0.1) is 0 Å². The van der Waals surface area contributed by atoms with Gasteiger partial charge in [-0.1, -0.05) is 91.9 Å². The van der Waals surface area contributed by atoms with Crippen molar-refractivity contribution in [2.45, 2.75) is 91.4 Å². The lowest BCUT2D eigenvalue weighted by Crippen LogP contribution is -2.00. The van der Waals surface area contributed by atoms with Gasteiger partial charge in [0, 0.05) is 0 Å². The summed E-state index contributed by atoms with van der Waals surface area (Å²) in [5, 5.41) is 0. The minimum Gasteiger partial charge on any atom is -0.0654 e. The van der Waals surface area contributed by atoms with Crippen LogP contribution in [0, 0.1) is 25.2 Å². The van der Waals surface area contributed by atoms with E-state index in [1.54, 1.807) is 0 Å². The summed E-state index contributed by atoms with van der Waals surface area (Å²) in [6.45, 7) is 10.6. The highest BCUT2D eigenvalue weighted by Gasteiger charge is 2.29. The van der Waals surface area contributed by atoms with Crippen LogP contribution in [0.25, 0.3) is 0 Å². The molecule has 0 N–H and O–H groups in total. The van der Waals surface area contributed by atoms with Gasteiger partial charge in [-0.05, 0) is 24.7 Å². The summed E-state index contributed by atoms with van der Waals surface area (Å²) in [7, 11) is 0. The van der Waals surface area contributed by atoms with E-state index >= 15 is 0 Å². The molecule has 1 aliphatic carbocycles. The lowest BCUT2D eigenvalue weighted by Gasteiger charge is -2.11. The molecule has 1 saturated carbocycles. The van der Waals surface area contributed by atoms with Crippen LogP contribution in [0.5, 0.6) is 0 Å². The van der Waals surface area contributed by atoms with Crippen molar-refractivity contribution >= 4 is 0 Å². The standard InChI is InChI=1S/C10H19.C8H17/c1-3-5-6-9(4-2)10-7-8-10;1-3-5-7-8-6-4-2/h7,9-10H,3-6,8H2,1-2H3;1,3-8H2,2H3. The Labute approximate surface area is 117 Å². The van der Waals surface area contributed by atoms with Gasteiger partial charge in [0.15, 0.2) is 0 Å². The van der Waals surface area contributed by atoms with Crippen LogP contribution in [0.15, 0.2) is 0 Å². The van der Waals surface area contributed by atoms with Crippen LogP contribution in [0.2, 0.25) is 0 Å². The van der Waals surface area contributed by atoms with Crippen molar-refractivity contribution in [2.75, 3.05) is 0 Å². The summed E-state index contributed by atoms with van der Waals surface area (Å²) in [6.07, 6.45) is 17.5. The zero-order valence-electron chi connectivity index (χ0n) is 13.2. The van der Waals surface area contributed by atoms with E-state index in [-0.39, 0.29) is 0 Å². The molecule has 108 valence electrons. The molecule has 0 heteroatoms. The van der Waals surface area contributed by atoms with Gasteiger partial charge in [-0.2, -0.15) is 0 Å². The van der Waals surface area contributed by atoms with Crippen molar-refractivity contribution < 1.29 is 0 Å². The summed E-state index contributed by atoms with van der Waals surface area (Å²) < 4.78 is 0. The van der Waals surface area contributed by atoms with Gasteiger partial charge >= 0.3 is 0 Å². The summed E-state index contributed by atoms with van der Waals surface area (Å²) in [6, 6.07) is 0. The van der Waals surface area contributed by atoms with E-state index < -0.39 is 0 Å². The van der Waals surface area contributed by atoms with Crippen LogP contribution in [0.4, 0.5) is 0 Å². The van der Waals surface area contributed by atoms with Crippen LogP contribution < -0.4 is 0 Å². The fourth-order valence-electron chi connectivity index (χ4n) is 2.43.